The molecule has 2 aromatic carbocycles. The molecule has 34 heavy (non-hydrogen) atoms. The first-order valence-electron chi connectivity index (χ1n) is 11.2. The predicted octanol–water partition coefficient (Wildman–Crippen LogP) is 2.52. The molecule has 0 bridgehead atoms. The van der Waals surface area contributed by atoms with E-state index >= 15 is 0 Å². The van der Waals surface area contributed by atoms with Crippen molar-refractivity contribution in [2.24, 2.45) is 0 Å². The molecule has 1 fully saturated rings. The number of hydrogen-bond acceptors (Lipinski definition) is 7. The van der Waals surface area contributed by atoms with E-state index in [1.54, 1.807) is 16.8 Å². The summed E-state index contributed by atoms with van der Waals surface area (Å²) in [6.45, 7) is 5.19. The first-order chi connectivity index (χ1) is 16.6. The number of aromatic amines is 1. The minimum absolute atomic E-state index is 0.204. The summed E-state index contributed by atoms with van der Waals surface area (Å²) in [5.74, 6) is 0.968. The fourth-order valence-electron chi connectivity index (χ4n) is 4.28. The maximum Gasteiger partial charge on any atom is 0.253 e. The Morgan fingerprint density at radius 2 is 1.94 bits per heavy atom. The zero-order valence-corrected chi connectivity index (χ0v) is 18.8. The van der Waals surface area contributed by atoms with Crippen LogP contribution in [0.3, 0.4) is 0 Å². The van der Waals surface area contributed by atoms with Crippen LogP contribution in [0.2, 0.25) is 0 Å². The van der Waals surface area contributed by atoms with E-state index in [1.807, 2.05) is 31.2 Å². The molecule has 0 spiro atoms. The van der Waals surface area contributed by atoms with Crippen LogP contribution in [0, 0.1) is 5.82 Å². The van der Waals surface area contributed by atoms with Crippen LogP contribution in [0.1, 0.15) is 29.9 Å². The largest absolute Gasteiger partial charge is 0.494 e. The fourth-order valence-corrected chi connectivity index (χ4v) is 4.28. The molecule has 0 aliphatic carbocycles. The van der Waals surface area contributed by atoms with E-state index in [4.69, 9.17) is 9.47 Å². The fraction of sp³-hybridized carbons (Fsp3) is 0.333. The normalized spacial score (nSPS) is 15.5. The number of hydrogen-bond donors (Lipinski definition) is 1. The van der Waals surface area contributed by atoms with Crippen LogP contribution in [0.4, 0.5) is 4.39 Å². The Hall–Kier alpha value is -3.63. The summed E-state index contributed by atoms with van der Waals surface area (Å²) in [7, 11) is 0. The van der Waals surface area contributed by atoms with Crippen LogP contribution in [0.25, 0.3) is 10.9 Å². The smallest absolute Gasteiger partial charge is 0.253 e. The van der Waals surface area contributed by atoms with E-state index in [-0.39, 0.29) is 11.4 Å². The van der Waals surface area contributed by atoms with E-state index in [2.05, 4.69) is 25.4 Å². The number of nitrogens with one attached hydrogen (secondary N) is 1. The number of aromatic nitrogens is 5. The van der Waals surface area contributed by atoms with Gasteiger partial charge in [0.15, 0.2) is 5.82 Å². The maximum atomic E-state index is 13.4. The minimum atomic E-state index is -0.483. The molecular weight excluding hydrogens is 439 g/mol. The summed E-state index contributed by atoms with van der Waals surface area (Å²) in [6, 6.07) is 13.2. The lowest BCUT2D eigenvalue weighted by molar-refractivity contribution is 0.0214. The van der Waals surface area contributed by atoms with Crippen LogP contribution in [0.15, 0.2) is 53.3 Å². The molecule has 0 saturated carbocycles. The van der Waals surface area contributed by atoms with Gasteiger partial charge in [0.25, 0.3) is 5.56 Å². The number of H-pyrrole nitrogens is 1. The van der Waals surface area contributed by atoms with Gasteiger partial charge in [-0.05, 0) is 59.3 Å². The molecule has 176 valence electrons. The van der Waals surface area contributed by atoms with Crippen molar-refractivity contribution in [3.05, 3.63) is 81.7 Å². The topological polar surface area (TPSA) is 98.2 Å². The molecule has 1 saturated heterocycles. The van der Waals surface area contributed by atoms with Crippen molar-refractivity contribution in [2.45, 2.75) is 19.5 Å². The van der Waals surface area contributed by atoms with Crippen molar-refractivity contribution in [3.63, 3.8) is 0 Å². The molecule has 3 heterocycles. The second-order valence-electron chi connectivity index (χ2n) is 8.11. The number of rotatable bonds is 7. The van der Waals surface area contributed by atoms with Crippen molar-refractivity contribution in [1.82, 2.24) is 30.1 Å². The molecule has 9 nitrogen and oxygen atoms in total. The number of benzene rings is 2. The quantitative estimate of drug-likeness (QED) is 0.449. The minimum Gasteiger partial charge on any atom is -0.494 e. The maximum absolute atomic E-state index is 13.4. The van der Waals surface area contributed by atoms with Crippen LogP contribution in [-0.2, 0) is 11.3 Å². The van der Waals surface area contributed by atoms with E-state index < -0.39 is 6.04 Å². The second-order valence-corrected chi connectivity index (χ2v) is 8.11. The average Bonchev–Trinajstić information content (AvgIpc) is 3.30. The number of nitrogens with zero attached hydrogens (tertiary/aromatic N) is 5. The molecule has 1 N–H and O–H groups in total. The third kappa shape index (κ3) is 4.55. The Bertz CT molecular complexity index is 1330. The highest BCUT2D eigenvalue weighted by atomic mass is 19.1. The summed E-state index contributed by atoms with van der Waals surface area (Å²) < 4.78 is 26.2. The second kappa shape index (κ2) is 9.70. The first-order valence-corrected chi connectivity index (χ1v) is 11.2. The average molecular weight is 465 g/mol. The lowest BCUT2D eigenvalue weighted by Crippen LogP contribution is -2.42. The third-order valence-corrected chi connectivity index (χ3v) is 5.91. The van der Waals surface area contributed by atoms with Crippen LogP contribution >= 0.6 is 0 Å². The van der Waals surface area contributed by atoms with Crippen molar-refractivity contribution in [1.29, 1.82) is 0 Å². The molecule has 1 atom stereocenters. The molecule has 10 heteroatoms. The number of halogens is 1. The van der Waals surface area contributed by atoms with Gasteiger partial charge in [-0.3, -0.25) is 9.69 Å². The summed E-state index contributed by atoms with van der Waals surface area (Å²) in [5, 5.41) is 13.3. The van der Waals surface area contributed by atoms with Gasteiger partial charge >= 0.3 is 0 Å². The van der Waals surface area contributed by atoms with Gasteiger partial charge in [0.1, 0.15) is 17.6 Å². The number of fused-ring (bicyclic) bond motifs is 1. The highest BCUT2D eigenvalue weighted by Gasteiger charge is 2.31. The van der Waals surface area contributed by atoms with Crippen molar-refractivity contribution < 1.29 is 13.9 Å². The highest BCUT2D eigenvalue weighted by Crippen LogP contribution is 2.29. The van der Waals surface area contributed by atoms with Crippen LogP contribution in [-0.4, -0.2) is 63.0 Å². The van der Waals surface area contributed by atoms with Crippen molar-refractivity contribution in [3.8, 4) is 5.75 Å². The van der Waals surface area contributed by atoms with Crippen LogP contribution < -0.4 is 10.3 Å². The zero-order valence-electron chi connectivity index (χ0n) is 18.8. The molecule has 1 aliphatic heterocycles. The van der Waals surface area contributed by atoms with E-state index in [0.717, 1.165) is 22.2 Å². The molecule has 1 aliphatic rings. The molecular formula is C24H25FN6O3. The van der Waals surface area contributed by atoms with E-state index in [9.17, 15) is 9.18 Å². The Morgan fingerprint density at radius 1 is 1.15 bits per heavy atom. The van der Waals surface area contributed by atoms with Gasteiger partial charge in [0, 0.05) is 29.6 Å². The Kier molecular flexibility index (Phi) is 6.33. The van der Waals surface area contributed by atoms with Crippen LogP contribution in [0.5, 0.6) is 5.75 Å². The Balaban J connectivity index is 1.59. The van der Waals surface area contributed by atoms with Gasteiger partial charge in [0.05, 0.1) is 26.4 Å². The first kappa shape index (κ1) is 22.2. The summed E-state index contributed by atoms with van der Waals surface area (Å²) in [4.78, 5) is 18.4. The summed E-state index contributed by atoms with van der Waals surface area (Å²) in [6.07, 6.45) is 0. The number of pyridine rings is 1. The lowest BCUT2D eigenvalue weighted by atomic mass is 10.0. The summed E-state index contributed by atoms with van der Waals surface area (Å²) in [5.41, 5.74) is 1.91. The molecule has 2 aromatic heterocycles. The van der Waals surface area contributed by atoms with Gasteiger partial charge in [-0.2, -0.15) is 0 Å². The van der Waals surface area contributed by atoms with Gasteiger partial charge in [-0.1, -0.05) is 12.1 Å². The molecule has 0 radical (unpaired) electrons. The van der Waals surface area contributed by atoms with E-state index in [0.29, 0.717) is 50.8 Å². The van der Waals surface area contributed by atoms with Gasteiger partial charge in [0.2, 0.25) is 0 Å². The van der Waals surface area contributed by atoms with Gasteiger partial charge in [-0.15, -0.1) is 5.10 Å². The Morgan fingerprint density at radius 3 is 2.71 bits per heavy atom. The third-order valence-electron chi connectivity index (χ3n) is 5.91. The molecule has 5 rings (SSSR count). The zero-order chi connectivity index (χ0) is 23.5. The lowest BCUT2D eigenvalue weighted by Gasteiger charge is -2.33. The van der Waals surface area contributed by atoms with Gasteiger partial charge < -0.3 is 14.5 Å². The number of ether oxygens (including phenoxy) is 2. The highest BCUT2D eigenvalue weighted by molar-refractivity contribution is 5.80. The monoisotopic (exact) mass is 464 g/mol. The standard InChI is InChI=1S/C24H25FN6O3/c1-2-34-19-7-8-21-17(13-19)14-20(24(32)26-21)22(30-9-11-33-12-10-30)23-27-28-29-31(23)15-16-3-5-18(25)6-4-16/h3-8,13-14,22H,2,9-12,15H2,1H3,(H,26,32)/t22-/m0/s1. The number of morpholine rings is 1. The predicted molar refractivity (Wildman–Crippen MR) is 123 cm³/mol. The summed E-state index contributed by atoms with van der Waals surface area (Å²) >= 11 is 0. The molecule has 4 aromatic rings. The van der Waals surface area contributed by atoms with Gasteiger partial charge in [-0.25, -0.2) is 9.07 Å². The van der Waals surface area contributed by atoms with Crippen molar-refractivity contribution in [2.75, 3.05) is 32.9 Å². The van der Waals surface area contributed by atoms with Crippen molar-refractivity contribution >= 4 is 10.9 Å². The SMILES string of the molecule is CCOc1ccc2[nH]c(=O)c([C@@H](c3nnnn3Cc3ccc(F)cc3)N3CCOCC3)cc2c1. The Labute approximate surface area is 195 Å². The molecule has 0 amide bonds. The molecule has 0 unspecified atom stereocenters. The number of tetrazole rings is 1. The van der Waals surface area contributed by atoms with E-state index in [1.165, 1.54) is 12.1 Å².